The molecular formula is C21H18ClN3. The highest BCUT2D eigenvalue weighted by Crippen LogP contribution is 2.34. The maximum Gasteiger partial charge on any atom is 0.142 e. The molecule has 25 heavy (non-hydrogen) atoms. The Morgan fingerprint density at radius 2 is 1.80 bits per heavy atom. The molecule has 0 spiro atoms. The Morgan fingerprint density at radius 1 is 1.08 bits per heavy atom. The number of benzene rings is 2. The Kier molecular flexibility index (Phi) is 5.02. The number of rotatable bonds is 4. The van der Waals surface area contributed by atoms with Crippen molar-refractivity contribution in [2.45, 2.75) is 19.8 Å². The zero-order valence-electron chi connectivity index (χ0n) is 14.0. The van der Waals surface area contributed by atoms with E-state index in [4.69, 9.17) is 17.3 Å². The van der Waals surface area contributed by atoms with Gasteiger partial charge in [-0.25, -0.2) is 4.98 Å². The SMILES string of the molecule is CCCc1ccc(-c2cc(-c3ccccc3Cl)c(C#N)c(N)n2)cc1. The lowest BCUT2D eigenvalue weighted by atomic mass is 9.98. The van der Waals surface area contributed by atoms with Crippen molar-refractivity contribution in [3.8, 4) is 28.5 Å². The molecule has 0 amide bonds. The lowest BCUT2D eigenvalue weighted by molar-refractivity contribution is 0.922. The van der Waals surface area contributed by atoms with Crippen LogP contribution < -0.4 is 5.73 Å². The summed E-state index contributed by atoms with van der Waals surface area (Å²) < 4.78 is 0. The molecule has 0 unspecified atom stereocenters. The fourth-order valence-electron chi connectivity index (χ4n) is 2.85. The highest BCUT2D eigenvalue weighted by atomic mass is 35.5. The Hall–Kier alpha value is -2.83. The van der Waals surface area contributed by atoms with E-state index in [0.29, 0.717) is 16.1 Å². The van der Waals surface area contributed by atoms with E-state index in [-0.39, 0.29) is 5.82 Å². The smallest absolute Gasteiger partial charge is 0.142 e. The van der Waals surface area contributed by atoms with Gasteiger partial charge in [-0.3, -0.25) is 0 Å². The summed E-state index contributed by atoms with van der Waals surface area (Å²) in [6.45, 7) is 2.16. The number of aromatic nitrogens is 1. The van der Waals surface area contributed by atoms with Crippen molar-refractivity contribution < 1.29 is 0 Å². The number of nitriles is 1. The Balaban J connectivity index is 2.14. The predicted molar refractivity (Wildman–Crippen MR) is 103 cm³/mol. The van der Waals surface area contributed by atoms with Crippen molar-refractivity contribution in [3.63, 3.8) is 0 Å². The summed E-state index contributed by atoms with van der Waals surface area (Å²) in [5.41, 5.74) is 10.9. The van der Waals surface area contributed by atoms with Gasteiger partial charge in [-0.2, -0.15) is 5.26 Å². The van der Waals surface area contributed by atoms with Gasteiger partial charge in [-0.05, 0) is 24.1 Å². The van der Waals surface area contributed by atoms with Gasteiger partial charge in [0.25, 0.3) is 0 Å². The number of hydrogen-bond donors (Lipinski definition) is 1. The number of nitrogens with two attached hydrogens (primary N) is 1. The largest absolute Gasteiger partial charge is 0.383 e. The third-order valence-corrected chi connectivity index (χ3v) is 4.44. The van der Waals surface area contributed by atoms with Crippen LogP contribution >= 0.6 is 11.6 Å². The van der Waals surface area contributed by atoms with Gasteiger partial charge >= 0.3 is 0 Å². The van der Waals surface area contributed by atoms with Gasteiger partial charge < -0.3 is 5.73 Å². The van der Waals surface area contributed by atoms with E-state index in [0.717, 1.165) is 29.7 Å². The first-order valence-electron chi connectivity index (χ1n) is 8.19. The van der Waals surface area contributed by atoms with Gasteiger partial charge in [-0.15, -0.1) is 0 Å². The zero-order valence-corrected chi connectivity index (χ0v) is 14.7. The molecule has 0 saturated heterocycles. The monoisotopic (exact) mass is 347 g/mol. The second kappa shape index (κ2) is 7.38. The van der Waals surface area contributed by atoms with Crippen molar-refractivity contribution in [1.82, 2.24) is 4.98 Å². The number of nitrogens with zero attached hydrogens (tertiary/aromatic N) is 2. The quantitative estimate of drug-likeness (QED) is 0.680. The van der Waals surface area contributed by atoms with Crippen LogP contribution in [0.15, 0.2) is 54.6 Å². The number of aryl methyl sites for hydroxylation is 1. The second-order valence-electron chi connectivity index (χ2n) is 5.85. The third-order valence-electron chi connectivity index (χ3n) is 4.11. The van der Waals surface area contributed by atoms with E-state index in [1.165, 1.54) is 5.56 Å². The first kappa shape index (κ1) is 17.0. The van der Waals surface area contributed by atoms with Crippen LogP contribution in [0.25, 0.3) is 22.4 Å². The van der Waals surface area contributed by atoms with Crippen LogP contribution in [0.5, 0.6) is 0 Å². The molecule has 0 aliphatic rings. The lowest BCUT2D eigenvalue weighted by Gasteiger charge is -2.11. The molecule has 1 heterocycles. The van der Waals surface area contributed by atoms with Crippen molar-refractivity contribution in [2.24, 2.45) is 0 Å². The maximum absolute atomic E-state index is 9.50. The first-order chi connectivity index (χ1) is 12.1. The molecule has 0 radical (unpaired) electrons. The second-order valence-corrected chi connectivity index (χ2v) is 6.26. The maximum atomic E-state index is 9.50. The number of pyridine rings is 1. The molecule has 4 heteroatoms. The number of halogens is 1. The molecule has 0 atom stereocenters. The zero-order chi connectivity index (χ0) is 17.8. The standard InChI is InChI=1S/C21H18ClN3/c1-2-5-14-8-10-15(11-9-14)20-12-17(18(13-23)21(24)25-20)16-6-3-4-7-19(16)22/h3-4,6-12H,2,5H2,1H3,(H2,24,25). The fraction of sp³-hybridized carbons (Fsp3) is 0.143. The highest BCUT2D eigenvalue weighted by Gasteiger charge is 2.15. The molecule has 2 N–H and O–H groups in total. The summed E-state index contributed by atoms with van der Waals surface area (Å²) in [4.78, 5) is 4.42. The molecular weight excluding hydrogens is 330 g/mol. The number of anilines is 1. The molecule has 0 fully saturated rings. The van der Waals surface area contributed by atoms with Gasteiger partial charge in [0.15, 0.2) is 0 Å². The number of nitrogen functional groups attached to an aromatic ring is 1. The van der Waals surface area contributed by atoms with Gasteiger partial charge in [0.2, 0.25) is 0 Å². The summed E-state index contributed by atoms with van der Waals surface area (Å²) in [7, 11) is 0. The molecule has 0 aliphatic heterocycles. The van der Waals surface area contributed by atoms with Crippen LogP contribution in [-0.4, -0.2) is 4.98 Å². The van der Waals surface area contributed by atoms with Crippen LogP contribution in [0.2, 0.25) is 5.02 Å². The fourth-order valence-corrected chi connectivity index (χ4v) is 3.09. The van der Waals surface area contributed by atoms with Gasteiger partial charge in [0.1, 0.15) is 17.5 Å². The Morgan fingerprint density at radius 3 is 2.44 bits per heavy atom. The van der Waals surface area contributed by atoms with Crippen LogP contribution in [0, 0.1) is 11.3 Å². The topological polar surface area (TPSA) is 62.7 Å². The van der Waals surface area contributed by atoms with Gasteiger partial charge in [0.05, 0.1) is 5.69 Å². The molecule has 1 aromatic heterocycles. The van der Waals surface area contributed by atoms with Gasteiger partial charge in [0, 0.05) is 21.7 Å². The van der Waals surface area contributed by atoms with Crippen LogP contribution in [-0.2, 0) is 6.42 Å². The van der Waals surface area contributed by atoms with E-state index < -0.39 is 0 Å². The molecule has 3 rings (SSSR count). The third kappa shape index (κ3) is 3.50. The van der Waals surface area contributed by atoms with Crippen LogP contribution in [0.4, 0.5) is 5.82 Å². The van der Waals surface area contributed by atoms with Crippen LogP contribution in [0.1, 0.15) is 24.5 Å². The van der Waals surface area contributed by atoms with E-state index in [2.05, 4.69) is 30.1 Å². The molecule has 0 bridgehead atoms. The summed E-state index contributed by atoms with van der Waals surface area (Å²) in [6, 6.07) is 19.7. The van der Waals surface area contributed by atoms with E-state index in [1.54, 1.807) is 6.07 Å². The molecule has 3 nitrogen and oxygen atoms in total. The minimum Gasteiger partial charge on any atom is -0.383 e. The lowest BCUT2D eigenvalue weighted by Crippen LogP contribution is -2.00. The van der Waals surface area contributed by atoms with Crippen molar-refractivity contribution >= 4 is 17.4 Å². The molecule has 0 aliphatic carbocycles. The van der Waals surface area contributed by atoms with E-state index in [9.17, 15) is 5.26 Å². The molecule has 124 valence electrons. The normalized spacial score (nSPS) is 10.4. The molecule has 2 aromatic carbocycles. The average molecular weight is 348 g/mol. The minimum absolute atomic E-state index is 0.215. The minimum atomic E-state index is 0.215. The van der Waals surface area contributed by atoms with Gasteiger partial charge in [-0.1, -0.05) is 67.4 Å². The molecule has 0 saturated carbocycles. The first-order valence-corrected chi connectivity index (χ1v) is 8.56. The average Bonchev–Trinajstić information content (AvgIpc) is 2.62. The van der Waals surface area contributed by atoms with E-state index >= 15 is 0 Å². The predicted octanol–water partition coefficient (Wildman–Crippen LogP) is 5.48. The van der Waals surface area contributed by atoms with Crippen molar-refractivity contribution in [3.05, 3.63) is 70.7 Å². The van der Waals surface area contributed by atoms with Crippen molar-refractivity contribution in [2.75, 3.05) is 5.73 Å². The highest BCUT2D eigenvalue weighted by molar-refractivity contribution is 6.33. The summed E-state index contributed by atoms with van der Waals surface area (Å²) >= 11 is 6.32. The summed E-state index contributed by atoms with van der Waals surface area (Å²) in [5.74, 6) is 0.215. The summed E-state index contributed by atoms with van der Waals surface area (Å²) in [6.07, 6.45) is 2.16. The Bertz CT molecular complexity index is 940. The number of hydrogen-bond acceptors (Lipinski definition) is 3. The van der Waals surface area contributed by atoms with Crippen LogP contribution in [0.3, 0.4) is 0 Å². The van der Waals surface area contributed by atoms with E-state index in [1.807, 2.05) is 36.4 Å². The summed E-state index contributed by atoms with van der Waals surface area (Å²) in [5, 5.41) is 10.1. The molecule has 3 aromatic rings. The Labute approximate surface area is 152 Å². The van der Waals surface area contributed by atoms with Crippen molar-refractivity contribution in [1.29, 1.82) is 5.26 Å².